The van der Waals surface area contributed by atoms with Gasteiger partial charge in [-0.05, 0) is 6.07 Å². The number of ether oxygens (including phenoxy) is 3. The van der Waals surface area contributed by atoms with Crippen molar-refractivity contribution >= 4 is 34.4 Å². The molecule has 0 aliphatic rings. The van der Waals surface area contributed by atoms with E-state index in [0.717, 1.165) is 0 Å². The highest BCUT2D eigenvalue weighted by Crippen LogP contribution is 2.40. The zero-order valence-corrected chi connectivity index (χ0v) is 15.9. The molecular formula is C18H18N8O3. The fraction of sp³-hybridized carbons (Fsp3) is 0.167. The van der Waals surface area contributed by atoms with Gasteiger partial charge in [-0.2, -0.15) is 9.97 Å². The van der Waals surface area contributed by atoms with Crippen LogP contribution in [0.2, 0.25) is 0 Å². The molecular weight excluding hydrogens is 376 g/mol. The van der Waals surface area contributed by atoms with E-state index in [1.165, 1.54) is 6.33 Å². The fourth-order valence-electron chi connectivity index (χ4n) is 2.75. The minimum absolute atomic E-state index is 0.332. The molecule has 0 amide bonds. The second kappa shape index (κ2) is 7.84. The molecule has 0 aliphatic carbocycles. The molecule has 0 spiro atoms. The minimum Gasteiger partial charge on any atom is -0.493 e. The number of benzene rings is 1. The average molecular weight is 394 g/mol. The van der Waals surface area contributed by atoms with Gasteiger partial charge >= 0.3 is 0 Å². The Morgan fingerprint density at radius 2 is 1.72 bits per heavy atom. The molecule has 4 rings (SSSR count). The summed E-state index contributed by atoms with van der Waals surface area (Å²) < 4.78 is 16.2. The van der Waals surface area contributed by atoms with Gasteiger partial charge in [0.25, 0.3) is 0 Å². The van der Waals surface area contributed by atoms with Gasteiger partial charge in [-0.15, -0.1) is 0 Å². The van der Waals surface area contributed by atoms with E-state index in [4.69, 9.17) is 14.2 Å². The first-order chi connectivity index (χ1) is 14.2. The van der Waals surface area contributed by atoms with Crippen LogP contribution in [0, 0.1) is 0 Å². The van der Waals surface area contributed by atoms with Crippen molar-refractivity contribution in [2.24, 2.45) is 0 Å². The van der Waals surface area contributed by atoms with Gasteiger partial charge in [0, 0.05) is 24.0 Å². The number of aromatic nitrogens is 6. The Hall–Kier alpha value is -4.15. The molecule has 3 heterocycles. The Balaban J connectivity index is 1.73. The van der Waals surface area contributed by atoms with E-state index in [1.54, 1.807) is 52.1 Å². The van der Waals surface area contributed by atoms with Gasteiger partial charge in [0.1, 0.15) is 17.7 Å². The summed E-state index contributed by atoms with van der Waals surface area (Å²) in [5.74, 6) is 2.94. The molecule has 0 fully saturated rings. The molecule has 0 unspecified atom stereocenters. The van der Waals surface area contributed by atoms with E-state index in [0.29, 0.717) is 51.7 Å². The van der Waals surface area contributed by atoms with Gasteiger partial charge in [-0.25, -0.2) is 15.0 Å². The topological polar surface area (TPSA) is 132 Å². The van der Waals surface area contributed by atoms with Crippen molar-refractivity contribution in [2.45, 2.75) is 0 Å². The van der Waals surface area contributed by atoms with Gasteiger partial charge in [-0.1, -0.05) is 0 Å². The maximum absolute atomic E-state index is 5.41. The zero-order chi connectivity index (χ0) is 20.2. The first-order valence-electron chi connectivity index (χ1n) is 8.53. The number of imidazole rings is 1. The largest absolute Gasteiger partial charge is 0.493 e. The lowest BCUT2D eigenvalue weighted by Crippen LogP contribution is -2.04. The number of rotatable bonds is 7. The average Bonchev–Trinajstić information content (AvgIpc) is 3.22. The fourth-order valence-corrected chi connectivity index (χ4v) is 2.75. The van der Waals surface area contributed by atoms with Gasteiger partial charge in [-0.3, -0.25) is 0 Å². The summed E-state index contributed by atoms with van der Waals surface area (Å²) in [5, 5.41) is 6.29. The Morgan fingerprint density at radius 3 is 2.38 bits per heavy atom. The van der Waals surface area contributed by atoms with Crippen molar-refractivity contribution in [1.29, 1.82) is 0 Å². The van der Waals surface area contributed by atoms with Crippen LogP contribution in [0.4, 0.5) is 23.3 Å². The molecule has 1 aromatic carbocycles. The summed E-state index contributed by atoms with van der Waals surface area (Å²) in [6.45, 7) is 0. The quantitative estimate of drug-likeness (QED) is 0.430. The zero-order valence-electron chi connectivity index (χ0n) is 15.9. The third kappa shape index (κ3) is 3.65. The molecule has 0 saturated carbocycles. The molecule has 0 bridgehead atoms. The Bertz CT molecular complexity index is 1110. The Morgan fingerprint density at radius 1 is 0.931 bits per heavy atom. The molecule has 0 aliphatic heterocycles. The number of hydrogen-bond acceptors (Lipinski definition) is 10. The van der Waals surface area contributed by atoms with E-state index in [-0.39, 0.29) is 0 Å². The van der Waals surface area contributed by atoms with Crippen LogP contribution < -0.4 is 24.8 Å². The van der Waals surface area contributed by atoms with E-state index in [2.05, 4.69) is 40.5 Å². The molecule has 4 aromatic rings. The summed E-state index contributed by atoms with van der Waals surface area (Å²) in [4.78, 5) is 24.2. The summed E-state index contributed by atoms with van der Waals surface area (Å²) in [6.07, 6.45) is 4.61. The maximum Gasteiger partial charge on any atom is 0.232 e. The lowest BCUT2D eigenvalue weighted by atomic mass is 10.2. The SMILES string of the molecule is COc1cc(Nc2nc(Nc3ccncn3)nc3nc[nH]c23)cc(OC)c1OC. The molecule has 0 atom stereocenters. The van der Waals surface area contributed by atoms with Crippen molar-refractivity contribution in [3.05, 3.63) is 37.1 Å². The monoisotopic (exact) mass is 394 g/mol. The second-order valence-corrected chi connectivity index (χ2v) is 5.76. The van der Waals surface area contributed by atoms with Crippen LogP contribution >= 0.6 is 0 Å². The molecule has 3 N–H and O–H groups in total. The van der Waals surface area contributed by atoms with Crippen LogP contribution in [-0.2, 0) is 0 Å². The highest BCUT2D eigenvalue weighted by Gasteiger charge is 2.16. The van der Waals surface area contributed by atoms with Crippen LogP contribution in [0.25, 0.3) is 11.2 Å². The van der Waals surface area contributed by atoms with Gasteiger partial charge in [0.2, 0.25) is 11.7 Å². The smallest absolute Gasteiger partial charge is 0.232 e. The first-order valence-corrected chi connectivity index (χ1v) is 8.53. The van der Waals surface area contributed by atoms with Crippen LogP contribution in [0.3, 0.4) is 0 Å². The predicted octanol–water partition coefficient (Wildman–Crippen LogP) is 2.66. The maximum atomic E-state index is 5.41. The number of nitrogens with zero attached hydrogens (tertiary/aromatic N) is 5. The predicted molar refractivity (Wildman–Crippen MR) is 106 cm³/mol. The van der Waals surface area contributed by atoms with Crippen LogP contribution in [-0.4, -0.2) is 51.2 Å². The van der Waals surface area contributed by atoms with E-state index < -0.39 is 0 Å². The standard InChI is InChI=1S/C18H18N8O3/c1-27-11-6-10(7-12(28-2)15(11)29-3)23-17-14-16(22-9-21-14)25-18(26-17)24-13-4-5-19-8-20-13/h4-9H,1-3H3,(H3,19,20,21,22,23,24,25,26). The summed E-state index contributed by atoms with van der Waals surface area (Å²) >= 11 is 0. The summed E-state index contributed by atoms with van der Waals surface area (Å²) in [6, 6.07) is 5.27. The number of fused-ring (bicyclic) bond motifs is 1. The molecule has 148 valence electrons. The number of anilines is 4. The molecule has 11 heteroatoms. The van der Waals surface area contributed by atoms with E-state index >= 15 is 0 Å². The summed E-state index contributed by atoms with van der Waals surface area (Å²) in [5.41, 5.74) is 1.82. The highest BCUT2D eigenvalue weighted by molar-refractivity contribution is 5.86. The Kier molecular flexibility index (Phi) is 4.93. The molecule has 0 saturated heterocycles. The third-order valence-electron chi connectivity index (χ3n) is 4.03. The van der Waals surface area contributed by atoms with Crippen LogP contribution in [0.1, 0.15) is 0 Å². The van der Waals surface area contributed by atoms with Crippen molar-refractivity contribution in [1.82, 2.24) is 29.9 Å². The van der Waals surface area contributed by atoms with Crippen molar-refractivity contribution in [2.75, 3.05) is 32.0 Å². The second-order valence-electron chi connectivity index (χ2n) is 5.76. The first kappa shape index (κ1) is 18.2. The van der Waals surface area contributed by atoms with Gasteiger partial charge in [0.05, 0.1) is 27.7 Å². The number of methoxy groups -OCH3 is 3. The van der Waals surface area contributed by atoms with Crippen molar-refractivity contribution < 1.29 is 14.2 Å². The molecule has 3 aromatic heterocycles. The van der Waals surface area contributed by atoms with Crippen molar-refractivity contribution in [3.8, 4) is 17.2 Å². The highest BCUT2D eigenvalue weighted by atomic mass is 16.5. The molecule has 11 nitrogen and oxygen atoms in total. The van der Waals surface area contributed by atoms with Crippen molar-refractivity contribution in [3.63, 3.8) is 0 Å². The van der Waals surface area contributed by atoms with Gasteiger partial charge < -0.3 is 29.8 Å². The molecule has 29 heavy (non-hydrogen) atoms. The van der Waals surface area contributed by atoms with E-state index in [9.17, 15) is 0 Å². The number of hydrogen-bond donors (Lipinski definition) is 3. The third-order valence-corrected chi connectivity index (χ3v) is 4.03. The lowest BCUT2D eigenvalue weighted by Gasteiger charge is -2.15. The van der Waals surface area contributed by atoms with Gasteiger partial charge in [0.15, 0.2) is 23.0 Å². The van der Waals surface area contributed by atoms with Crippen LogP contribution in [0.15, 0.2) is 37.1 Å². The normalized spacial score (nSPS) is 10.6. The minimum atomic E-state index is 0.332. The van der Waals surface area contributed by atoms with E-state index in [1.807, 2.05) is 0 Å². The lowest BCUT2D eigenvalue weighted by molar-refractivity contribution is 0.324. The van der Waals surface area contributed by atoms with Crippen LogP contribution in [0.5, 0.6) is 17.2 Å². The molecule has 0 radical (unpaired) electrons. The summed E-state index contributed by atoms with van der Waals surface area (Å²) in [7, 11) is 4.67. The number of aromatic amines is 1. The number of nitrogens with one attached hydrogen (secondary N) is 3. The Labute approximate surface area is 165 Å². The number of H-pyrrole nitrogens is 1.